The molecule has 3 rings (SSSR count). The molecule has 27 heavy (non-hydrogen) atoms. The van der Waals surface area contributed by atoms with E-state index in [0.29, 0.717) is 28.9 Å². The topological polar surface area (TPSA) is 115 Å². The average Bonchev–Trinajstić information content (AvgIpc) is 2.60. The molecule has 2 unspecified atom stereocenters. The smallest absolute Gasteiger partial charge is 0.404 e. The Kier molecular flexibility index (Phi) is 5.41. The third kappa shape index (κ3) is 3.64. The van der Waals surface area contributed by atoms with Crippen molar-refractivity contribution in [3.05, 3.63) is 39.1 Å². The molecule has 0 radical (unpaired) electrons. The maximum Gasteiger partial charge on any atom is 0.404 e. The van der Waals surface area contributed by atoms with E-state index in [2.05, 4.69) is 5.32 Å². The zero-order valence-corrected chi connectivity index (χ0v) is 15.7. The molecular weight excluding hydrogens is 370 g/mol. The summed E-state index contributed by atoms with van der Waals surface area (Å²) in [5.74, 6) is -0.136. The van der Waals surface area contributed by atoms with E-state index in [9.17, 15) is 14.7 Å². The van der Waals surface area contributed by atoms with Gasteiger partial charge in [-0.1, -0.05) is 24.1 Å². The lowest BCUT2D eigenvalue weighted by Gasteiger charge is -2.32. The van der Waals surface area contributed by atoms with Gasteiger partial charge in [-0.2, -0.15) is 0 Å². The quantitative estimate of drug-likeness (QED) is 0.594. The van der Waals surface area contributed by atoms with Gasteiger partial charge in [-0.15, -0.1) is 0 Å². The number of hydrogen-bond acceptors (Lipinski definition) is 4. The lowest BCUT2D eigenvalue weighted by molar-refractivity contribution is 0.187. The number of aromatic nitrogens is 1. The van der Waals surface area contributed by atoms with Crippen molar-refractivity contribution in [3.8, 4) is 5.75 Å². The Hall–Kier alpha value is -2.54. The molecule has 0 aliphatic heterocycles. The summed E-state index contributed by atoms with van der Waals surface area (Å²) >= 11 is 6.29. The van der Waals surface area contributed by atoms with Crippen LogP contribution in [0.1, 0.15) is 44.2 Å². The predicted octanol–water partition coefficient (Wildman–Crippen LogP) is 3.75. The van der Waals surface area contributed by atoms with Crippen molar-refractivity contribution in [2.24, 2.45) is 5.92 Å². The van der Waals surface area contributed by atoms with E-state index in [4.69, 9.17) is 22.1 Å². The standard InChI is InChI=1S/C19H22ClN3O4/c1-10(21)15-17(24)16-13(20)6-3-7-14(16)23(18(15)25)12-5-2-4-11(8-12)9-22-19(26)27/h3,6-7,11-12,21-22,24H,2,4-5,8-9H2,1H3,(H,26,27). The van der Waals surface area contributed by atoms with Crippen molar-refractivity contribution >= 4 is 34.3 Å². The first-order valence-corrected chi connectivity index (χ1v) is 9.27. The average molecular weight is 392 g/mol. The van der Waals surface area contributed by atoms with Crippen LogP contribution in [0.15, 0.2) is 23.0 Å². The van der Waals surface area contributed by atoms with Gasteiger partial charge in [0.25, 0.3) is 5.56 Å². The zero-order chi connectivity index (χ0) is 19.7. The van der Waals surface area contributed by atoms with Crippen LogP contribution in [0.25, 0.3) is 10.9 Å². The van der Waals surface area contributed by atoms with Crippen molar-refractivity contribution in [2.75, 3.05) is 6.54 Å². The van der Waals surface area contributed by atoms with Gasteiger partial charge in [-0.25, -0.2) is 4.79 Å². The second-order valence-corrected chi connectivity index (χ2v) is 7.44. The molecule has 1 amide bonds. The Morgan fingerprint density at radius 3 is 2.81 bits per heavy atom. The van der Waals surface area contributed by atoms with Crippen LogP contribution in [0.5, 0.6) is 5.75 Å². The number of hydrogen-bond donors (Lipinski definition) is 4. The highest BCUT2D eigenvalue weighted by Crippen LogP contribution is 2.38. The number of halogens is 1. The number of nitrogens with one attached hydrogen (secondary N) is 2. The van der Waals surface area contributed by atoms with Crippen LogP contribution in [0.4, 0.5) is 4.79 Å². The van der Waals surface area contributed by atoms with E-state index in [1.54, 1.807) is 22.8 Å². The molecule has 1 aromatic carbocycles. The maximum atomic E-state index is 13.1. The Balaban J connectivity index is 2.13. The maximum absolute atomic E-state index is 13.1. The summed E-state index contributed by atoms with van der Waals surface area (Å²) in [6, 6.07) is 4.96. The van der Waals surface area contributed by atoms with Crippen LogP contribution in [-0.2, 0) is 0 Å². The molecular formula is C19H22ClN3O4. The summed E-state index contributed by atoms with van der Waals surface area (Å²) in [7, 11) is 0. The Labute approximate surface area is 161 Å². The van der Waals surface area contributed by atoms with E-state index >= 15 is 0 Å². The summed E-state index contributed by atoms with van der Waals surface area (Å²) in [6.07, 6.45) is 2.11. The first kappa shape index (κ1) is 19.2. The molecule has 1 aliphatic carbocycles. The van der Waals surface area contributed by atoms with Crippen molar-refractivity contribution in [1.29, 1.82) is 5.41 Å². The number of nitrogens with zero attached hydrogens (tertiary/aromatic N) is 1. The summed E-state index contributed by atoms with van der Waals surface area (Å²) < 4.78 is 1.63. The van der Waals surface area contributed by atoms with Crippen LogP contribution in [-0.4, -0.2) is 33.1 Å². The minimum atomic E-state index is -1.06. The van der Waals surface area contributed by atoms with Crippen LogP contribution >= 0.6 is 11.6 Å². The number of carbonyl (C=O) groups is 1. The molecule has 1 heterocycles. The number of amides is 1. The second kappa shape index (κ2) is 7.60. The molecule has 7 nitrogen and oxygen atoms in total. The molecule has 0 spiro atoms. The number of pyridine rings is 1. The van der Waals surface area contributed by atoms with E-state index in [0.717, 1.165) is 19.3 Å². The predicted molar refractivity (Wildman–Crippen MR) is 104 cm³/mol. The van der Waals surface area contributed by atoms with Gasteiger partial charge in [-0.3, -0.25) is 4.79 Å². The van der Waals surface area contributed by atoms with Gasteiger partial charge in [0.15, 0.2) is 0 Å². The highest BCUT2D eigenvalue weighted by Gasteiger charge is 2.28. The first-order chi connectivity index (χ1) is 12.8. The fourth-order valence-corrected chi connectivity index (χ4v) is 4.28. The third-order valence-electron chi connectivity index (χ3n) is 5.19. The van der Waals surface area contributed by atoms with Crippen molar-refractivity contribution in [3.63, 3.8) is 0 Å². The number of rotatable bonds is 4. The number of aromatic hydroxyl groups is 1. The second-order valence-electron chi connectivity index (χ2n) is 7.03. The van der Waals surface area contributed by atoms with Gasteiger partial charge in [0.05, 0.1) is 15.9 Å². The molecule has 1 aromatic heterocycles. The van der Waals surface area contributed by atoms with E-state index in [1.165, 1.54) is 6.92 Å². The van der Waals surface area contributed by atoms with E-state index in [1.807, 2.05) is 0 Å². The Morgan fingerprint density at radius 2 is 2.15 bits per heavy atom. The van der Waals surface area contributed by atoms with Crippen molar-refractivity contribution in [1.82, 2.24) is 9.88 Å². The molecule has 1 aliphatic rings. The highest BCUT2D eigenvalue weighted by molar-refractivity contribution is 6.36. The highest BCUT2D eigenvalue weighted by atomic mass is 35.5. The van der Waals surface area contributed by atoms with Gasteiger partial charge in [0.1, 0.15) is 11.3 Å². The van der Waals surface area contributed by atoms with Crippen LogP contribution in [0, 0.1) is 11.3 Å². The van der Waals surface area contributed by atoms with Crippen molar-refractivity contribution < 1.29 is 15.0 Å². The van der Waals surface area contributed by atoms with Gasteiger partial charge >= 0.3 is 6.09 Å². The van der Waals surface area contributed by atoms with Crippen LogP contribution in [0.3, 0.4) is 0 Å². The molecule has 144 valence electrons. The molecule has 0 bridgehead atoms. The van der Waals surface area contributed by atoms with Gasteiger partial charge in [0.2, 0.25) is 0 Å². The zero-order valence-electron chi connectivity index (χ0n) is 15.0. The largest absolute Gasteiger partial charge is 0.506 e. The molecule has 1 fully saturated rings. The SMILES string of the molecule is CC(=N)c1c(O)c2c(Cl)cccc2n(C2CCCC(CNC(=O)O)C2)c1=O. The number of fused-ring (bicyclic) bond motifs is 1. The minimum absolute atomic E-state index is 0.0204. The lowest BCUT2D eigenvalue weighted by Crippen LogP contribution is -2.35. The summed E-state index contributed by atoms with van der Waals surface area (Å²) in [5, 5.41) is 30.5. The van der Waals surface area contributed by atoms with E-state index in [-0.39, 0.29) is 29.0 Å². The lowest BCUT2D eigenvalue weighted by atomic mass is 9.85. The third-order valence-corrected chi connectivity index (χ3v) is 5.51. The summed E-state index contributed by atoms with van der Waals surface area (Å²) in [5.41, 5.74) is 0.0628. The van der Waals surface area contributed by atoms with Crippen LogP contribution in [0.2, 0.25) is 5.02 Å². The summed E-state index contributed by atoms with van der Waals surface area (Å²) in [6.45, 7) is 1.80. The summed E-state index contributed by atoms with van der Waals surface area (Å²) in [4.78, 5) is 23.9. The monoisotopic (exact) mass is 391 g/mol. The van der Waals surface area contributed by atoms with E-state index < -0.39 is 11.7 Å². The fourth-order valence-electron chi connectivity index (χ4n) is 4.02. The van der Waals surface area contributed by atoms with Gasteiger partial charge < -0.3 is 25.5 Å². The van der Waals surface area contributed by atoms with Crippen LogP contribution < -0.4 is 10.9 Å². The fraction of sp³-hybridized carbons (Fsp3) is 0.421. The number of carboxylic acid groups (broad SMARTS) is 1. The normalized spacial score (nSPS) is 19.8. The molecule has 4 N–H and O–H groups in total. The Bertz CT molecular complexity index is 970. The molecule has 2 aromatic rings. The van der Waals surface area contributed by atoms with Gasteiger partial charge in [0, 0.05) is 18.3 Å². The molecule has 0 saturated heterocycles. The molecule has 2 atom stereocenters. The van der Waals surface area contributed by atoms with Crippen molar-refractivity contribution in [2.45, 2.75) is 38.6 Å². The number of benzene rings is 1. The first-order valence-electron chi connectivity index (χ1n) is 8.89. The molecule has 1 saturated carbocycles. The minimum Gasteiger partial charge on any atom is -0.506 e. The Morgan fingerprint density at radius 1 is 1.41 bits per heavy atom. The van der Waals surface area contributed by atoms with Gasteiger partial charge in [-0.05, 0) is 44.2 Å². The molecule has 8 heteroatoms.